The number of likely N-dealkylation sites (N-methyl/N-ethyl adjacent to an activating group) is 1. The smallest absolute Gasteiger partial charge is 0.396 e. The Morgan fingerprint density at radius 2 is 1.87 bits per heavy atom. The Hall–Kier alpha value is -1.10. The molecule has 0 bridgehead atoms. The minimum absolute atomic E-state index is 0.0953. The highest BCUT2D eigenvalue weighted by molar-refractivity contribution is 6.32. The second kappa shape index (κ2) is 4.18. The van der Waals surface area contributed by atoms with Crippen molar-refractivity contribution in [3.05, 3.63) is 0 Å². The van der Waals surface area contributed by atoms with Crippen LogP contribution in [0.25, 0.3) is 0 Å². The normalized spacial score (nSPS) is 21.2. The van der Waals surface area contributed by atoms with Gasteiger partial charge < -0.3 is 9.64 Å². The molecule has 0 spiro atoms. The van der Waals surface area contributed by atoms with Crippen molar-refractivity contribution in [1.29, 1.82) is 0 Å². The van der Waals surface area contributed by atoms with Gasteiger partial charge in [0, 0.05) is 25.2 Å². The summed E-state index contributed by atoms with van der Waals surface area (Å²) in [4.78, 5) is 26.4. The number of rotatable bonds is 0. The van der Waals surface area contributed by atoms with Crippen LogP contribution in [0.4, 0.5) is 0 Å². The molecule has 1 saturated heterocycles. The van der Waals surface area contributed by atoms with Gasteiger partial charge in [0.2, 0.25) is 0 Å². The summed E-state index contributed by atoms with van der Waals surface area (Å²) < 4.78 is 4.42. The average molecular weight is 214 g/mol. The van der Waals surface area contributed by atoms with Crippen molar-refractivity contribution in [1.82, 2.24) is 9.80 Å². The van der Waals surface area contributed by atoms with Crippen molar-refractivity contribution in [2.24, 2.45) is 0 Å². The van der Waals surface area contributed by atoms with Crippen molar-refractivity contribution in [2.45, 2.75) is 19.4 Å². The Balaban J connectivity index is 2.67. The lowest BCUT2D eigenvalue weighted by Gasteiger charge is -2.44. The average Bonchev–Trinajstić information content (AvgIpc) is 2.19. The van der Waals surface area contributed by atoms with Crippen LogP contribution in [0.5, 0.6) is 0 Å². The second-order valence-electron chi connectivity index (χ2n) is 4.45. The van der Waals surface area contributed by atoms with Gasteiger partial charge in [-0.1, -0.05) is 0 Å². The minimum atomic E-state index is -0.782. The summed E-state index contributed by atoms with van der Waals surface area (Å²) in [6, 6.07) is 0. The van der Waals surface area contributed by atoms with E-state index in [0.717, 1.165) is 6.54 Å². The first kappa shape index (κ1) is 12.0. The molecule has 86 valence electrons. The molecule has 0 radical (unpaired) electrons. The maximum absolute atomic E-state index is 11.6. The highest BCUT2D eigenvalue weighted by Crippen LogP contribution is 2.18. The van der Waals surface area contributed by atoms with E-state index in [0.29, 0.717) is 13.1 Å². The molecule has 0 aromatic rings. The first-order chi connectivity index (χ1) is 6.88. The molecule has 1 rings (SSSR count). The van der Waals surface area contributed by atoms with Crippen LogP contribution in [0.15, 0.2) is 0 Å². The predicted molar refractivity (Wildman–Crippen MR) is 55.3 cm³/mol. The van der Waals surface area contributed by atoms with Crippen LogP contribution < -0.4 is 0 Å². The molecule has 0 aromatic heterocycles. The van der Waals surface area contributed by atoms with Gasteiger partial charge in [0.1, 0.15) is 0 Å². The van der Waals surface area contributed by atoms with Gasteiger partial charge in [0.15, 0.2) is 0 Å². The molecule has 5 heteroatoms. The molecule has 5 nitrogen and oxygen atoms in total. The molecular formula is C10H18N2O3. The van der Waals surface area contributed by atoms with Crippen LogP contribution in [0, 0.1) is 0 Å². The van der Waals surface area contributed by atoms with Crippen molar-refractivity contribution < 1.29 is 14.3 Å². The SMILES string of the molecule is COC(=O)C(=O)N1CCN(C)C(C)(C)C1. The number of methoxy groups -OCH3 is 1. The molecule has 1 amide bonds. The summed E-state index contributed by atoms with van der Waals surface area (Å²) >= 11 is 0. The Morgan fingerprint density at radius 1 is 1.27 bits per heavy atom. The topological polar surface area (TPSA) is 49.9 Å². The number of nitrogens with zero attached hydrogens (tertiary/aromatic N) is 2. The van der Waals surface area contributed by atoms with E-state index in [9.17, 15) is 9.59 Å². The molecule has 15 heavy (non-hydrogen) atoms. The highest BCUT2D eigenvalue weighted by Gasteiger charge is 2.35. The number of amides is 1. The van der Waals surface area contributed by atoms with E-state index >= 15 is 0 Å². The van der Waals surface area contributed by atoms with E-state index in [1.54, 1.807) is 4.90 Å². The first-order valence-electron chi connectivity index (χ1n) is 4.97. The zero-order chi connectivity index (χ0) is 11.6. The lowest BCUT2D eigenvalue weighted by molar-refractivity contribution is -0.160. The van der Waals surface area contributed by atoms with Crippen LogP contribution in [-0.2, 0) is 14.3 Å². The molecule has 0 unspecified atom stereocenters. The zero-order valence-electron chi connectivity index (χ0n) is 9.74. The summed E-state index contributed by atoms with van der Waals surface area (Å²) in [6.45, 7) is 5.99. The van der Waals surface area contributed by atoms with Crippen molar-refractivity contribution in [3.63, 3.8) is 0 Å². The summed E-state index contributed by atoms with van der Waals surface area (Å²) in [6.07, 6.45) is 0. The highest BCUT2D eigenvalue weighted by atomic mass is 16.5. The molecule has 0 N–H and O–H groups in total. The summed E-state index contributed by atoms with van der Waals surface area (Å²) in [5, 5.41) is 0. The van der Waals surface area contributed by atoms with Crippen LogP contribution in [0.2, 0.25) is 0 Å². The Kier molecular flexibility index (Phi) is 3.34. The number of carbonyl (C=O) groups is 2. The molecule has 0 atom stereocenters. The van der Waals surface area contributed by atoms with Crippen molar-refractivity contribution in [3.8, 4) is 0 Å². The first-order valence-corrected chi connectivity index (χ1v) is 4.97. The Morgan fingerprint density at radius 3 is 2.33 bits per heavy atom. The van der Waals surface area contributed by atoms with E-state index in [1.807, 2.05) is 20.9 Å². The molecule has 0 aromatic carbocycles. The summed E-state index contributed by atoms with van der Waals surface area (Å²) in [5.41, 5.74) is -0.0953. The summed E-state index contributed by atoms with van der Waals surface area (Å²) in [7, 11) is 3.24. The molecule has 0 aliphatic carbocycles. The van der Waals surface area contributed by atoms with E-state index < -0.39 is 11.9 Å². The molecular weight excluding hydrogens is 196 g/mol. The van der Waals surface area contributed by atoms with Crippen molar-refractivity contribution >= 4 is 11.9 Å². The number of esters is 1. The standard InChI is InChI=1S/C10H18N2O3/c1-10(2)7-12(6-5-11(10)3)8(13)9(14)15-4/h5-7H2,1-4H3. The van der Waals surface area contributed by atoms with Gasteiger partial charge in [-0.15, -0.1) is 0 Å². The monoisotopic (exact) mass is 214 g/mol. The van der Waals surface area contributed by atoms with Gasteiger partial charge in [0.05, 0.1) is 7.11 Å². The lowest BCUT2D eigenvalue weighted by Crippen LogP contribution is -2.59. The minimum Gasteiger partial charge on any atom is -0.462 e. The van der Waals surface area contributed by atoms with Gasteiger partial charge in [-0.25, -0.2) is 4.79 Å². The maximum Gasteiger partial charge on any atom is 0.396 e. The number of ether oxygens (including phenoxy) is 1. The van der Waals surface area contributed by atoms with Gasteiger partial charge in [-0.05, 0) is 20.9 Å². The third-order valence-electron chi connectivity index (χ3n) is 2.96. The number of piperazine rings is 1. The second-order valence-corrected chi connectivity index (χ2v) is 4.45. The number of hydrogen-bond donors (Lipinski definition) is 0. The van der Waals surface area contributed by atoms with Gasteiger partial charge in [0.25, 0.3) is 0 Å². The van der Waals surface area contributed by atoms with E-state index in [-0.39, 0.29) is 5.54 Å². The summed E-state index contributed by atoms with van der Waals surface area (Å²) in [5.74, 6) is -1.32. The lowest BCUT2D eigenvalue weighted by atomic mass is 10.00. The molecule has 1 aliphatic heterocycles. The van der Waals surface area contributed by atoms with E-state index in [2.05, 4.69) is 9.64 Å². The fraction of sp³-hybridized carbons (Fsp3) is 0.800. The quantitative estimate of drug-likeness (QED) is 0.411. The molecule has 1 fully saturated rings. The maximum atomic E-state index is 11.6. The largest absolute Gasteiger partial charge is 0.462 e. The fourth-order valence-electron chi connectivity index (χ4n) is 1.63. The predicted octanol–water partition coefficient (Wildman–Crippen LogP) is -0.288. The van der Waals surface area contributed by atoms with E-state index in [4.69, 9.17) is 0 Å². The van der Waals surface area contributed by atoms with Gasteiger partial charge in [-0.2, -0.15) is 0 Å². The van der Waals surface area contributed by atoms with Gasteiger partial charge >= 0.3 is 11.9 Å². The zero-order valence-corrected chi connectivity index (χ0v) is 9.74. The van der Waals surface area contributed by atoms with Crippen LogP contribution in [-0.4, -0.2) is 61.0 Å². The fourth-order valence-corrected chi connectivity index (χ4v) is 1.63. The third kappa shape index (κ3) is 2.47. The number of hydrogen-bond acceptors (Lipinski definition) is 4. The van der Waals surface area contributed by atoms with Crippen LogP contribution in [0.1, 0.15) is 13.8 Å². The number of carbonyl (C=O) groups excluding carboxylic acids is 2. The Bertz CT molecular complexity index is 276. The van der Waals surface area contributed by atoms with Crippen molar-refractivity contribution in [2.75, 3.05) is 33.8 Å². The molecule has 1 aliphatic rings. The van der Waals surface area contributed by atoms with E-state index in [1.165, 1.54) is 7.11 Å². The molecule has 0 saturated carbocycles. The Labute approximate surface area is 90.0 Å². The van der Waals surface area contributed by atoms with Crippen LogP contribution >= 0.6 is 0 Å². The van der Waals surface area contributed by atoms with Crippen LogP contribution in [0.3, 0.4) is 0 Å². The third-order valence-corrected chi connectivity index (χ3v) is 2.96. The van der Waals surface area contributed by atoms with Gasteiger partial charge in [-0.3, -0.25) is 9.69 Å². The molecule has 1 heterocycles.